The van der Waals surface area contributed by atoms with Gasteiger partial charge in [0.1, 0.15) is 6.10 Å². The summed E-state index contributed by atoms with van der Waals surface area (Å²) in [6.45, 7) is 4.08. The minimum atomic E-state index is -0.621. The third-order valence-corrected chi connectivity index (χ3v) is 1.39. The van der Waals surface area contributed by atoms with Gasteiger partial charge in [0.05, 0.1) is 19.8 Å². The Kier molecular flexibility index (Phi) is 7.48. The van der Waals surface area contributed by atoms with Crippen LogP contribution in [0, 0.1) is 0 Å². The summed E-state index contributed by atoms with van der Waals surface area (Å²) in [6, 6.07) is 0. The predicted octanol–water partition coefficient (Wildman–Crippen LogP) is 0.156. The first kappa shape index (κ1) is 12.3. The van der Waals surface area contributed by atoms with Gasteiger partial charge in [0.25, 0.3) is 0 Å². The molecule has 76 valence electrons. The quantitative estimate of drug-likeness (QED) is 0.435. The zero-order valence-corrected chi connectivity index (χ0v) is 7.86. The Balaban J connectivity index is 3.24. The monoisotopic (exact) mass is 188 g/mol. The van der Waals surface area contributed by atoms with Crippen LogP contribution < -0.4 is 0 Å². The maximum absolute atomic E-state index is 10.7. The SMILES string of the molecule is C=CC(=O)CCOCC(O)COC. The second-order valence-electron chi connectivity index (χ2n) is 2.60. The molecule has 4 nitrogen and oxygen atoms in total. The highest BCUT2D eigenvalue weighted by Crippen LogP contribution is 1.90. The molecule has 0 aliphatic carbocycles. The van der Waals surface area contributed by atoms with E-state index in [1.165, 1.54) is 13.2 Å². The number of ether oxygens (including phenoxy) is 2. The Morgan fingerprint density at radius 1 is 1.62 bits per heavy atom. The average molecular weight is 188 g/mol. The van der Waals surface area contributed by atoms with E-state index in [0.717, 1.165) is 0 Å². The molecular formula is C9H16O4. The molecule has 13 heavy (non-hydrogen) atoms. The lowest BCUT2D eigenvalue weighted by atomic mass is 10.3. The van der Waals surface area contributed by atoms with Crippen molar-refractivity contribution in [2.75, 3.05) is 26.9 Å². The number of hydrogen-bond donors (Lipinski definition) is 1. The van der Waals surface area contributed by atoms with Gasteiger partial charge in [0.15, 0.2) is 5.78 Å². The molecular weight excluding hydrogens is 172 g/mol. The Hall–Kier alpha value is -0.710. The summed E-state index contributed by atoms with van der Waals surface area (Å²) in [4.78, 5) is 10.7. The van der Waals surface area contributed by atoms with Gasteiger partial charge in [-0.3, -0.25) is 4.79 Å². The van der Waals surface area contributed by atoms with E-state index in [1.54, 1.807) is 0 Å². The summed E-state index contributed by atoms with van der Waals surface area (Å²) in [6.07, 6.45) is 0.946. The third kappa shape index (κ3) is 7.64. The van der Waals surface area contributed by atoms with Gasteiger partial charge in [-0.25, -0.2) is 0 Å². The molecule has 4 heteroatoms. The fourth-order valence-corrected chi connectivity index (χ4v) is 0.735. The summed E-state index contributed by atoms with van der Waals surface area (Å²) < 4.78 is 9.71. The molecule has 0 aliphatic rings. The van der Waals surface area contributed by atoms with Gasteiger partial charge in [-0.05, 0) is 6.08 Å². The maximum Gasteiger partial charge on any atom is 0.157 e. The van der Waals surface area contributed by atoms with Crippen LogP contribution in [0.3, 0.4) is 0 Å². The van der Waals surface area contributed by atoms with Crippen LogP contribution >= 0.6 is 0 Å². The molecule has 1 atom stereocenters. The molecule has 0 aromatic rings. The molecule has 0 spiro atoms. The van der Waals surface area contributed by atoms with Crippen LogP contribution in [0.4, 0.5) is 0 Å². The lowest BCUT2D eigenvalue weighted by Crippen LogP contribution is -2.21. The summed E-state index contributed by atoms with van der Waals surface area (Å²) in [7, 11) is 1.50. The van der Waals surface area contributed by atoms with Gasteiger partial charge < -0.3 is 14.6 Å². The molecule has 0 aromatic heterocycles. The molecule has 1 unspecified atom stereocenters. The first-order valence-electron chi connectivity index (χ1n) is 4.10. The van der Waals surface area contributed by atoms with Gasteiger partial charge in [-0.15, -0.1) is 0 Å². The van der Waals surface area contributed by atoms with E-state index in [4.69, 9.17) is 9.84 Å². The highest BCUT2D eigenvalue weighted by atomic mass is 16.5. The van der Waals surface area contributed by atoms with Crippen molar-refractivity contribution in [1.82, 2.24) is 0 Å². The second kappa shape index (κ2) is 7.91. The predicted molar refractivity (Wildman–Crippen MR) is 48.5 cm³/mol. The van der Waals surface area contributed by atoms with E-state index in [2.05, 4.69) is 11.3 Å². The van der Waals surface area contributed by atoms with Crippen molar-refractivity contribution >= 4 is 5.78 Å². The molecule has 0 amide bonds. The fourth-order valence-electron chi connectivity index (χ4n) is 0.735. The van der Waals surface area contributed by atoms with Crippen molar-refractivity contribution in [2.45, 2.75) is 12.5 Å². The number of aliphatic hydroxyl groups is 1. The molecule has 0 aliphatic heterocycles. The molecule has 0 bridgehead atoms. The topological polar surface area (TPSA) is 55.8 Å². The summed E-state index contributed by atoms with van der Waals surface area (Å²) in [5.74, 6) is -0.0544. The minimum absolute atomic E-state index is 0.0544. The number of aliphatic hydroxyl groups excluding tert-OH is 1. The number of carbonyl (C=O) groups excluding carboxylic acids is 1. The van der Waals surface area contributed by atoms with Crippen molar-refractivity contribution in [3.63, 3.8) is 0 Å². The van der Waals surface area contributed by atoms with Gasteiger partial charge in [-0.2, -0.15) is 0 Å². The van der Waals surface area contributed by atoms with Crippen LogP contribution in [0.25, 0.3) is 0 Å². The number of rotatable bonds is 8. The molecule has 0 saturated heterocycles. The largest absolute Gasteiger partial charge is 0.388 e. The lowest BCUT2D eigenvalue weighted by molar-refractivity contribution is -0.116. The summed E-state index contributed by atoms with van der Waals surface area (Å²) >= 11 is 0. The van der Waals surface area contributed by atoms with Crippen LogP contribution in [0.2, 0.25) is 0 Å². The van der Waals surface area contributed by atoms with E-state index in [0.29, 0.717) is 13.0 Å². The molecule has 0 heterocycles. The average Bonchev–Trinajstić information content (AvgIpc) is 2.12. The second-order valence-corrected chi connectivity index (χ2v) is 2.60. The summed E-state index contributed by atoms with van der Waals surface area (Å²) in [5.41, 5.74) is 0. The Labute approximate surface area is 78.2 Å². The Bertz CT molecular complexity index is 156. The lowest BCUT2D eigenvalue weighted by Gasteiger charge is -2.08. The highest BCUT2D eigenvalue weighted by Gasteiger charge is 2.03. The van der Waals surface area contributed by atoms with E-state index in [1.807, 2.05) is 0 Å². The van der Waals surface area contributed by atoms with E-state index in [9.17, 15) is 4.79 Å². The molecule has 0 rings (SSSR count). The summed E-state index contributed by atoms with van der Waals surface area (Å²) in [5, 5.41) is 9.12. The zero-order chi connectivity index (χ0) is 10.1. The minimum Gasteiger partial charge on any atom is -0.388 e. The number of hydrogen-bond acceptors (Lipinski definition) is 4. The molecule has 0 saturated carbocycles. The van der Waals surface area contributed by atoms with Crippen LogP contribution in [-0.2, 0) is 14.3 Å². The van der Waals surface area contributed by atoms with Crippen LogP contribution in [0.1, 0.15) is 6.42 Å². The number of allylic oxidation sites excluding steroid dienone is 1. The van der Waals surface area contributed by atoms with E-state index >= 15 is 0 Å². The van der Waals surface area contributed by atoms with Gasteiger partial charge in [-0.1, -0.05) is 6.58 Å². The molecule has 1 N–H and O–H groups in total. The molecule has 0 aromatic carbocycles. The number of methoxy groups -OCH3 is 1. The fraction of sp³-hybridized carbons (Fsp3) is 0.667. The van der Waals surface area contributed by atoms with Crippen LogP contribution in [-0.4, -0.2) is 43.9 Å². The first-order valence-corrected chi connectivity index (χ1v) is 4.10. The maximum atomic E-state index is 10.7. The third-order valence-electron chi connectivity index (χ3n) is 1.39. The Morgan fingerprint density at radius 2 is 2.31 bits per heavy atom. The van der Waals surface area contributed by atoms with Crippen molar-refractivity contribution in [3.8, 4) is 0 Å². The van der Waals surface area contributed by atoms with Crippen molar-refractivity contribution in [1.29, 1.82) is 0 Å². The smallest absolute Gasteiger partial charge is 0.157 e. The zero-order valence-electron chi connectivity index (χ0n) is 7.86. The first-order chi connectivity index (χ1) is 6.20. The van der Waals surface area contributed by atoms with Crippen LogP contribution in [0.15, 0.2) is 12.7 Å². The highest BCUT2D eigenvalue weighted by molar-refractivity contribution is 5.89. The van der Waals surface area contributed by atoms with Crippen molar-refractivity contribution in [3.05, 3.63) is 12.7 Å². The standard InChI is InChI=1S/C9H16O4/c1-3-8(10)4-5-13-7-9(11)6-12-2/h3,9,11H,1,4-7H2,2H3. The normalized spacial score (nSPS) is 12.5. The molecule has 0 fully saturated rings. The van der Waals surface area contributed by atoms with Crippen molar-refractivity contribution in [2.24, 2.45) is 0 Å². The van der Waals surface area contributed by atoms with Crippen molar-refractivity contribution < 1.29 is 19.4 Å². The van der Waals surface area contributed by atoms with Gasteiger partial charge in [0, 0.05) is 13.5 Å². The van der Waals surface area contributed by atoms with Gasteiger partial charge >= 0.3 is 0 Å². The van der Waals surface area contributed by atoms with E-state index < -0.39 is 6.10 Å². The van der Waals surface area contributed by atoms with Crippen LogP contribution in [0.5, 0.6) is 0 Å². The number of ketones is 1. The Morgan fingerprint density at radius 3 is 2.85 bits per heavy atom. The van der Waals surface area contributed by atoms with E-state index in [-0.39, 0.29) is 19.0 Å². The van der Waals surface area contributed by atoms with Gasteiger partial charge in [0.2, 0.25) is 0 Å². The number of carbonyl (C=O) groups is 1. The molecule has 0 radical (unpaired) electrons.